The zero-order chi connectivity index (χ0) is 17.6. The molecule has 0 bridgehead atoms. The molecule has 0 saturated heterocycles. The zero-order valence-corrected chi connectivity index (χ0v) is 14.1. The van der Waals surface area contributed by atoms with Crippen molar-refractivity contribution in [1.82, 2.24) is 9.62 Å². The second kappa shape index (κ2) is 8.03. The predicted octanol–water partition coefficient (Wildman–Crippen LogP) is 1.90. The number of halogens is 1. The number of nitrogens with zero attached hydrogens (tertiary/aromatic N) is 1. The fraction of sp³-hybridized carbons (Fsp3) is 0.235. The lowest BCUT2D eigenvalue weighted by Crippen LogP contribution is -2.39. The molecule has 0 heterocycles. The van der Waals surface area contributed by atoms with Gasteiger partial charge in [0.1, 0.15) is 5.82 Å². The first kappa shape index (κ1) is 18.1. The highest BCUT2D eigenvalue weighted by atomic mass is 32.2. The van der Waals surface area contributed by atoms with Gasteiger partial charge in [-0.25, -0.2) is 12.8 Å². The Morgan fingerprint density at radius 3 is 2.33 bits per heavy atom. The van der Waals surface area contributed by atoms with E-state index in [0.29, 0.717) is 5.56 Å². The van der Waals surface area contributed by atoms with Gasteiger partial charge in [-0.2, -0.15) is 4.31 Å². The average Bonchev–Trinajstić information content (AvgIpc) is 2.53. The standard InChI is InChI=1S/C17H19FN2O3S/c1-24(22,23)20(12-14-7-3-2-4-8-14)13-17(21)19-11-15-9-5-6-10-16(15)18/h2-10H,11-13H2,1H3,(H,19,21). The molecule has 0 aliphatic heterocycles. The van der Waals surface area contributed by atoms with Crippen molar-refractivity contribution in [2.24, 2.45) is 0 Å². The maximum atomic E-state index is 13.5. The van der Waals surface area contributed by atoms with Crippen molar-refractivity contribution in [3.8, 4) is 0 Å². The van der Waals surface area contributed by atoms with Gasteiger partial charge in [0.05, 0.1) is 12.8 Å². The Kier molecular flexibility index (Phi) is 6.05. The van der Waals surface area contributed by atoms with E-state index in [0.717, 1.165) is 16.1 Å². The van der Waals surface area contributed by atoms with E-state index in [1.54, 1.807) is 42.5 Å². The summed E-state index contributed by atoms with van der Waals surface area (Å²) < 4.78 is 38.4. The molecule has 128 valence electrons. The Hall–Kier alpha value is -2.25. The molecule has 0 atom stereocenters. The quantitative estimate of drug-likeness (QED) is 0.829. The third-order valence-electron chi connectivity index (χ3n) is 3.42. The minimum Gasteiger partial charge on any atom is -0.351 e. The molecule has 0 aliphatic carbocycles. The van der Waals surface area contributed by atoms with Crippen LogP contribution in [0.15, 0.2) is 54.6 Å². The van der Waals surface area contributed by atoms with Crippen molar-refractivity contribution in [2.75, 3.05) is 12.8 Å². The van der Waals surface area contributed by atoms with Crippen LogP contribution in [-0.4, -0.2) is 31.4 Å². The lowest BCUT2D eigenvalue weighted by atomic mass is 10.2. The van der Waals surface area contributed by atoms with Crippen LogP contribution >= 0.6 is 0 Å². The fourth-order valence-electron chi connectivity index (χ4n) is 2.13. The van der Waals surface area contributed by atoms with Crippen molar-refractivity contribution >= 4 is 15.9 Å². The van der Waals surface area contributed by atoms with Gasteiger partial charge < -0.3 is 5.32 Å². The second-order valence-electron chi connectivity index (χ2n) is 5.38. The SMILES string of the molecule is CS(=O)(=O)N(CC(=O)NCc1ccccc1F)Cc1ccccc1. The van der Waals surface area contributed by atoms with Gasteiger partial charge in [0.2, 0.25) is 15.9 Å². The van der Waals surface area contributed by atoms with Crippen LogP contribution in [0.5, 0.6) is 0 Å². The summed E-state index contributed by atoms with van der Waals surface area (Å²) in [5, 5.41) is 2.54. The normalized spacial score (nSPS) is 11.5. The van der Waals surface area contributed by atoms with Gasteiger partial charge in [0.25, 0.3) is 0 Å². The predicted molar refractivity (Wildman–Crippen MR) is 89.9 cm³/mol. The fourth-order valence-corrected chi connectivity index (χ4v) is 2.86. The minimum atomic E-state index is -3.55. The highest BCUT2D eigenvalue weighted by Crippen LogP contribution is 2.09. The highest BCUT2D eigenvalue weighted by Gasteiger charge is 2.20. The molecule has 0 radical (unpaired) electrons. The summed E-state index contributed by atoms with van der Waals surface area (Å²) in [5.41, 5.74) is 1.13. The van der Waals surface area contributed by atoms with Crippen LogP contribution in [0.3, 0.4) is 0 Å². The topological polar surface area (TPSA) is 66.5 Å². The summed E-state index contributed by atoms with van der Waals surface area (Å²) in [6.07, 6.45) is 1.06. The van der Waals surface area contributed by atoms with E-state index >= 15 is 0 Å². The molecule has 24 heavy (non-hydrogen) atoms. The first-order chi connectivity index (χ1) is 11.4. The Labute approximate surface area is 141 Å². The van der Waals surface area contributed by atoms with E-state index in [1.807, 2.05) is 6.07 Å². The molecule has 2 rings (SSSR count). The van der Waals surface area contributed by atoms with Gasteiger partial charge in [-0.1, -0.05) is 48.5 Å². The smallest absolute Gasteiger partial charge is 0.235 e. The van der Waals surface area contributed by atoms with Crippen LogP contribution < -0.4 is 5.32 Å². The van der Waals surface area contributed by atoms with Gasteiger partial charge in [-0.05, 0) is 11.6 Å². The second-order valence-corrected chi connectivity index (χ2v) is 7.37. The number of carbonyl (C=O) groups is 1. The molecule has 1 N–H and O–H groups in total. The van der Waals surface area contributed by atoms with Crippen molar-refractivity contribution < 1.29 is 17.6 Å². The Morgan fingerprint density at radius 2 is 1.71 bits per heavy atom. The number of sulfonamides is 1. The summed E-state index contributed by atoms with van der Waals surface area (Å²) in [7, 11) is -3.55. The molecule has 0 fully saturated rings. The van der Waals surface area contributed by atoms with Crippen LogP contribution in [0, 0.1) is 5.82 Å². The molecule has 0 saturated carbocycles. The summed E-state index contributed by atoms with van der Waals surface area (Å²) in [6, 6.07) is 15.1. The molecule has 7 heteroatoms. The third kappa shape index (κ3) is 5.43. The van der Waals surface area contributed by atoms with Gasteiger partial charge in [0, 0.05) is 18.7 Å². The van der Waals surface area contributed by atoms with Crippen LogP contribution in [0.4, 0.5) is 4.39 Å². The first-order valence-corrected chi connectivity index (χ1v) is 9.20. The van der Waals surface area contributed by atoms with Crippen molar-refractivity contribution in [3.63, 3.8) is 0 Å². The van der Waals surface area contributed by atoms with E-state index in [9.17, 15) is 17.6 Å². The molecule has 0 aromatic heterocycles. The lowest BCUT2D eigenvalue weighted by molar-refractivity contribution is -0.121. The summed E-state index contributed by atoms with van der Waals surface area (Å²) in [4.78, 5) is 12.0. The average molecular weight is 350 g/mol. The number of rotatable bonds is 7. The van der Waals surface area contributed by atoms with Gasteiger partial charge in [-0.15, -0.1) is 0 Å². The maximum absolute atomic E-state index is 13.5. The Morgan fingerprint density at radius 1 is 1.08 bits per heavy atom. The maximum Gasteiger partial charge on any atom is 0.235 e. The van der Waals surface area contributed by atoms with E-state index < -0.39 is 21.7 Å². The first-order valence-electron chi connectivity index (χ1n) is 7.35. The van der Waals surface area contributed by atoms with Crippen molar-refractivity contribution in [2.45, 2.75) is 13.1 Å². The van der Waals surface area contributed by atoms with Crippen molar-refractivity contribution in [3.05, 3.63) is 71.5 Å². The monoisotopic (exact) mass is 350 g/mol. The van der Waals surface area contributed by atoms with Gasteiger partial charge in [-0.3, -0.25) is 4.79 Å². The number of amides is 1. The van der Waals surface area contributed by atoms with Crippen LogP contribution in [0.2, 0.25) is 0 Å². The molecular weight excluding hydrogens is 331 g/mol. The molecular formula is C17H19FN2O3S. The van der Waals surface area contributed by atoms with Gasteiger partial charge in [0.15, 0.2) is 0 Å². The number of benzene rings is 2. The van der Waals surface area contributed by atoms with Crippen molar-refractivity contribution in [1.29, 1.82) is 0 Å². The summed E-state index contributed by atoms with van der Waals surface area (Å²) >= 11 is 0. The molecule has 0 aliphatic rings. The Bertz CT molecular complexity index is 794. The number of nitrogens with one attached hydrogen (secondary N) is 1. The van der Waals surface area contributed by atoms with E-state index in [1.165, 1.54) is 6.07 Å². The third-order valence-corrected chi connectivity index (χ3v) is 4.62. The molecule has 2 aromatic rings. The Balaban J connectivity index is 1.99. The molecule has 0 spiro atoms. The molecule has 2 aromatic carbocycles. The zero-order valence-electron chi connectivity index (χ0n) is 13.3. The number of carbonyl (C=O) groups excluding carboxylic acids is 1. The summed E-state index contributed by atoms with van der Waals surface area (Å²) in [6.45, 7) is -0.205. The largest absolute Gasteiger partial charge is 0.351 e. The molecule has 5 nitrogen and oxygen atoms in total. The molecule has 0 unspecified atom stereocenters. The lowest BCUT2D eigenvalue weighted by Gasteiger charge is -2.19. The number of hydrogen-bond donors (Lipinski definition) is 1. The summed E-state index contributed by atoms with van der Waals surface area (Å²) in [5.74, 6) is -0.901. The van der Waals surface area contributed by atoms with E-state index in [-0.39, 0.29) is 19.6 Å². The van der Waals surface area contributed by atoms with Crippen LogP contribution in [0.25, 0.3) is 0 Å². The van der Waals surface area contributed by atoms with E-state index in [4.69, 9.17) is 0 Å². The highest BCUT2D eigenvalue weighted by molar-refractivity contribution is 7.88. The van der Waals surface area contributed by atoms with Gasteiger partial charge >= 0.3 is 0 Å². The number of hydrogen-bond acceptors (Lipinski definition) is 3. The minimum absolute atomic E-state index is 0.00838. The van der Waals surface area contributed by atoms with E-state index in [2.05, 4.69) is 5.32 Å². The van der Waals surface area contributed by atoms with Crippen LogP contribution in [-0.2, 0) is 27.9 Å². The van der Waals surface area contributed by atoms with Crippen LogP contribution in [0.1, 0.15) is 11.1 Å². The molecule has 1 amide bonds.